The monoisotopic (exact) mass is 283 g/mol. The third kappa shape index (κ3) is 3.19. The third-order valence-corrected chi connectivity index (χ3v) is 4.67. The van der Waals surface area contributed by atoms with Crippen molar-refractivity contribution in [1.82, 2.24) is 0 Å². The first-order chi connectivity index (χ1) is 8.91. The van der Waals surface area contributed by atoms with Crippen molar-refractivity contribution < 1.29 is 8.42 Å². The Labute approximate surface area is 114 Å². The van der Waals surface area contributed by atoms with Crippen LogP contribution in [0.15, 0.2) is 23.1 Å². The van der Waals surface area contributed by atoms with Crippen molar-refractivity contribution in [2.75, 3.05) is 23.7 Å². The van der Waals surface area contributed by atoms with Gasteiger partial charge in [-0.25, -0.2) is 13.6 Å². The Bertz CT molecular complexity index is 553. The number of nitrogens with zero attached hydrogens (tertiary/aromatic N) is 1. The van der Waals surface area contributed by atoms with Crippen LogP contribution in [0.4, 0.5) is 11.4 Å². The minimum Gasteiger partial charge on any atom is -0.397 e. The van der Waals surface area contributed by atoms with E-state index < -0.39 is 10.0 Å². The largest absolute Gasteiger partial charge is 0.397 e. The maximum atomic E-state index is 11.4. The molecule has 0 radical (unpaired) electrons. The fourth-order valence-corrected chi connectivity index (χ4v) is 2.89. The van der Waals surface area contributed by atoms with Crippen LogP contribution in [0.25, 0.3) is 0 Å². The summed E-state index contributed by atoms with van der Waals surface area (Å²) in [5.41, 5.74) is 7.32. The molecule has 1 aliphatic carbocycles. The average molecular weight is 283 g/mol. The Morgan fingerprint density at radius 1 is 1.37 bits per heavy atom. The number of nitrogen functional groups attached to an aromatic ring is 1. The van der Waals surface area contributed by atoms with Crippen molar-refractivity contribution >= 4 is 21.4 Å². The first kappa shape index (κ1) is 14.1. The highest BCUT2D eigenvalue weighted by Crippen LogP contribution is 2.32. The van der Waals surface area contributed by atoms with Gasteiger partial charge in [-0.3, -0.25) is 0 Å². The predicted octanol–water partition coefficient (Wildman–Crippen LogP) is 1.54. The van der Waals surface area contributed by atoms with E-state index in [-0.39, 0.29) is 4.90 Å². The van der Waals surface area contributed by atoms with Gasteiger partial charge in [-0.15, -0.1) is 0 Å². The third-order valence-electron chi connectivity index (χ3n) is 3.76. The molecule has 0 atom stereocenters. The van der Waals surface area contributed by atoms with Crippen LogP contribution in [-0.2, 0) is 10.0 Å². The number of benzene rings is 1. The zero-order valence-corrected chi connectivity index (χ0v) is 12.0. The summed E-state index contributed by atoms with van der Waals surface area (Å²) in [7, 11) is -3.69. The molecular weight excluding hydrogens is 262 g/mol. The molecule has 19 heavy (non-hydrogen) atoms. The molecule has 0 heterocycles. The van der Waals surface area contributed by atoms with Gasteiger partial charge >= 0.3 is 0 Å². The molecule has 0 aliphatic heterocycles. The van der Waals surface area contributed by atoms with E-state index in [9.17, 15) is 8.42 Å². The Balaban J connectivity index is 2.29. The lowest BCUT2D eigenvalue weighted by molar-refractivity contribution is 0.318. The number of hydrogen-bond acceptors (Lipinski definition) is 4. The minimum absolute atomic E-state index is 0.115. The van der Waals surface area contributed by atoms with Crippen molar-refractivity contribution in [3.63, 3.8) is 0 Å². The summed E-state index contributed by atoms with van der Waals surface area (Å²) in [6, 6.07) is 4.64. The van der Waals surface area contributed by atoms with Gasteiger partial charge in [-0.05, 0) is 43.9 Å². The Morgan fingerprint density at radius 3 is 2.53 bits per heavy atom. The first-order valence-corrected chi connectivity index (χ1v) is 8.13. The maximum Gasteiger partial charge on any atom is 0.238 e. The second-order valence-electron chi connectivity index (χ2n) is 5.10. The average Bonchev–Trinajstić information content (AvgIpc) is 2.28. The van der Waals surface area contributed by atoms with Crippen LogP contribution in [0.3, 0.4) is 0 Å². The molecule has 1 saturated carbocycles. The molecule has 6 heteroatoms. The van der Waals surface area contributed by atoms with Crippen molar-refractivity contribution in [1.29, 1.82) is 0 Å². The molecule has 0 amide bonds. The molecule has 0 unspecified atom stereocenters. The van der Waals surface area contributed by atoms with Crippen molar-refractivity contribution in [3.8, 4) is 0 Å². The van der Waals surface area contributed by atoms with Crippen LogP contribution in [0.5, 0.6) is 0 Å². The second-order valence-corrected chi connectivity index (χ2v) is 6.66. The summed E-state index contributed by atoms with van der Waals surface area (Å²) in [6.07, 6.45) is 3.77. The molecule has 1 aromatic rings. The molecule has 106 valence electrons. The van der Waals surface area contributed by atoms with Gasteiger partial charge in [0.15, 0.2) is 0 Å². The highest BCUT2D eigenvalue weighted by Gasteiger charge is 2.22. The topological polar surface area (TPSA) is 89.4 Å². The van der Waals surface area contributed by atoms with Crippen molar-refractivity contribution in [3.05, 3.63) is 18.2 Å². The van der Waals surface area contributed by atoms with Gasteiger partial charge in [-0.1, -0.05) is 6.42 Å². The van der Waals surface area contributed by atoms with Crippen LogP contribution in [0.2, 0.25) is 0 Å². The molecule has 2 rings (SSSR count). The molecule has 0 saturated heterocycles. The lowest BCUT2D eigenvalue weighted by Gasteiger charge is -2.33. The van der Waals surface area contributed by atoms with Crippen LogP contribution in [0.1, 0.15) is 26.2 Å². The zero-order chi connectivity index (χ0) is 14.0. The Morgan fingerprint density at radius 2 is 2.05 bits per heavy atom. The van der Waals surface area contributed by atoms with Gasteiger partial charge < -0.3 is 10.6 Å². The van der Waals surface area contributed by atoms with E-state index in [1.165, 1.54) is 25.3 Å². The standard InChI is InChI=1S/C13H21N3O2S/c1-2-16(9-10-4-3-5-10)13-8-11(19(15,17)18)6-7-12(13)14/h6-8,10H,2-5,9,14H2,1H3,(H2,15,17,18). The van der Waals surface area contributed by atoms with Gasteiger partial charge in [0.2, 0.25) is 10.0 Å². The fourth-order valence-electron chi connectivity index (χ4n) is 2.36. The first-order valence-electron chi connectivity index (χ1n) is 6.59. The zero-order valence-electron chi connectivity index (χ0n) is 11.2. The number of sulfonamides is 1. The summed E-state index contributed by atoms with van der Waals surface area (Å²) in [5, 5.41) is 5.17. The van der Waals surface area contributed by atoms with Crippen LogP contribution in [-0.4, -0.2) is 21.5 Å². The van der Waals surface area contributed by atoms with Gasteiger partial charge in [-0.2, -0.15) is 0 Å². The highest BCUT2D eigenvalue weighted by atomic mass is 32.2. The second kappa shape index (κ2) is 5.38. The quantitative estimate of drug-likeness (QED) is 0.802. The van der Waals surface area contributed by atoms with E-state index in [4.69, 9.17) is 10.9 Å². The lowest BCUT2D eigenvalue weighted by atomic mass is 9.85. The normalized spacial score (nSPS) is 16.1. The van der Waals surface area contributed by atoms with E-state index in [1.807, 2.05) is 6.92 Å². The minimum atomic E-state index is -3.69. The molecule has 1 aromatic carbocycles. The molecule has 0 bridgehead atoms. The van der Waals surface area contributed by atoms with E-state index in [1.54, 1.807) is 12.1 Å². The van der Waals surface area contributed by atoms with Gasteiger partial charge in [0, 0.05) is 13.1 Å². The maximum absolute atomic E-state index is 11.4. The predicted molar refractivity (Wildman–Crippen MR) is 77.5 cm³/mol. The van der Waals surface area contributed by atoms with E-state index in [2.05, 4.69) is 4.90 Å². The summed E-state index contributed by atoms with van der Waals surface area (Å²) < 4.78 is 22.8. The number of anilines is 2. The summed E-state index contributed by atoms with van der Waals surface area (Å²) in [5.74, 6) is 0.692. The van der Waals surface area contributed by atoms with E-state index in [0.717, 1.165) is 18.8 Å². The summed E-state index contributed by atoms with van der Waals surface area (Å²) in [4.78, 5) is 2.25. The van der Waals surface area contributed by atoms with E-state index in [0.29, 0.717) is 11.6 Å². The fraction of sp³-hybridized carbons (Fsp3) is 0.538. The van der Waals surface area contributed by atoms with Gasteiger partial charge in [0.1, 0.15) is 0 Å². The number of rotatable bonds is 5. The van der Waals surface area contributed by atoms with Crippen LogP contribution < -0.4 is 15.8 Å². The molecule has 0 spiro atoms. The Hall–Kier alpha value is -1.27. The molecular formula is C13H21N3O2S. The SMILES string of the molecule is CCN(CC1CCC1)c1cc(S(N)(=O)=O)ccc1N. The smallest absolute Gasteiger partial charge is 0.238 e. The van der Waals surface area contributed by atoms with Gasteiger partial charge in [0.25, 0.3) is 0 Å². The highest BCUT2D eigenvalue weighted by molar-refractivity contribution is 7.89. The Kier molecular flexibility index (Phi) is 4.01. The molecule has 5 nitrogen and oxygen atoms in total. The van der Waals surface area contributed by atoms with Crippen LogP contribution >= 0.6 is 0 Å². The lowest BCUT2D eigenvalue weighted by Crippen LogP contribution is -2.33. The number of hydrogen-bond donors (Lipinski definition) is 2. The molecule has 0 aromatic heterocycles. The summed E-state index contributed by atoms with van der Waals surface area (Å²) >= 11 is 0. The molecule has 1 fully saturated rings. The van der Waals surface area contributed by atoms with Crippen molar-refractivity contribution in [2.45, 2.75) is 31.1 Å². The van der Waals surface area contributed by atoms with Crippen molar-refractivity contribution in [2.24, 2.45) is 11.1 Å². The molecule has 4 N–H and O–H groups in total. The molecule has 1 aliphatic rings. The number of nitrogens with two attached hydrogens (primary N) is 2. The van der Waals surface area contributed by atoms with Crippen LogP contribution in [0, 0.1) is 5.92 Å². The number of primary sulfonamides is 1. The summed E-state index contributed by atoms with van der Waals surface area (Å²) in [6.45, 7) is 3.77. The van der Waals surface area contributed by atoms with E-state index >= 15 is 0 Å². The van der Waals surface area contributed by atoms with Gasteiger partial charge in [0.05, 0.1) is 16.3 Å².